The van der Waals surface area contributed by atoms with E-state index in [0.717, 1.165) is 18.0 Å². The van der Waals surface area contributed by atoms with Crippen LogP contribution in [0, 0.1) is 6.92 Å². The minimum absolute atomic E-state index is 0.279. The van der Waals surface area contributed by atoms with Crippen LogP contribution < -0.4 is 4.90 Å². The average Bonchev–Trinajstić information content (AvgIpc) is 2.70. The molecular formula is C13H13ClN2OS. The first-order valence-corrected chi connectivity index (χ1v) is 6.68. The molecule has 0 atom stereocenters. The lowest BCUT2D eigenvalue weighted by molar-refractivity contribution is 0.112. The second kappa shape index (κ2) is 5.50. The highest BCUT2D eigenvalue weighted by Crippen LogP contribution is 2.28. The number of rotatable bonds is 4. The number of benzene rings is 1. The molecule has 3 nitrogen and oxygen atoms in total. The van der Waals surface area contributed by atoms with Gasteiger partial charge in [-0.2, -0.15) is 0 Å². The molecule has 0 aliphatic carbocycles. The fourth-order valence-corrected chi connectivity index (χ4v) is 2.71. The zero-order valence-electron chi connectivity index (χ0n) is 10.2. The number of anilines is 1. The molecule has 1 heterocycles. The molecule has 5 heteroatoms. The number of aromatic nitrogens is 1. The third-order valence-electron chi connectivity index (χ3n) is 2.53. The van der Waals surface area contributed by atoms with Crippen molar-refractivity contribution in [2.24, 2.45) is 0 Å². The molecule has 2 aromatic rings. The van der Waals surface area contributed by atoms with Gasteiger partial charge in [-0.1, -0.05) is 52.8 Å². The lowest BCUT2D eigenvalue weighted by atomic mass is 10.1. The van der Waals surface area contributed by atoms with E-state index in [1.807, 2.05) is 18.0 Å². The minimum atomic E-state index is 0.279. The van der Waals surface area contributed by atoms with Gasteiger partial charge in [-0.25, -0.2) is 4.98 Å². The molecule has 0 fully saturated rings. The van der Waals surface area contributed by atoms with E-state index in [0.29, 0.717) is 4.88 Å². The lowest BCUT2D eigenvalue weighted by Crippen LogP contribution is -2.15. The predicted molar refractivity (Wildman–Crippen MR) is 75.8 cm³/mol. The highest BCUT2D eigenvalue weighted by molar-refractivity contribution is 7.17. The van der Waals surface area contributed by atoms with Gasteiger partial charge in [0.1, 0.15) is 4.88 Å². The number of hydrogen-bond donors (Lipinski definition) is 0. The summed E-state index contributed by atoms with van der Waals surface area (Å²) in [5.74, 6) is 0. The highest BCUT2D eigenvalue weighted by Gasteiger charge is 2.12. The molecule has 18 heavy (non-hydrogen) atoms. The van der Waals surface area contributed by atoms with Crippen LogP contribution in [0.3, 0.4) is 0 Å². The van der Waals surface area contributed by atoms with Crippen LogP contribution in [0.25, 0.3) is 0 Å². The molecule has 0 saturated carbocycles. The third-order valence-corrected chi connectivity index (χ3v) is 4.03. The van der Waals surface area contributed by atoms with Crippen LogP contribution >= 0.6 is 22.9 Å². The molecule has 0 bridgehead atoms. The number of hydrogen-bond acceptors (Lipinski definition) is 4. The van der Waals surface area contributed by atoms with E-state index >= 15 is 0 Å². The number of aldehydes is 1. The summed E-state index contributed by atoms with van der Waals surface area (Å²) >= 11 is 7.16. The monoisotopic (exact) mass is 280 g/mol. The number of thiazole rings is 1. The molecule has 0 N–H and O–H groups in total. The Balaban J connectivity index is 2.16. The van der Waals surface area contributed by atoms with Gasteiger partial charge in [-0.05, 0) is 12.5 Å². The minimum Gasteiger partial charge on any atom is -0.347 e. The summed E-state index contributed by atoms with van der Waals surface area (Å²) in [4.78, 5) is 17.4. The Morgan fingerprint density at radius 1 is 1.50 bits per heavy atom. The Morgan fingerprint density at radius 2 is 2.28 bits per heavy atom. The number of carbonyl (C=O) groups is 1. The van der Waals surface area contributed by atoms with Gasteiger partial charge in [0.25, 0.3) is 0 Å². The summed E-state index contributed by atoms with van der Waals surface area (Å²) in [6.45, 7) is 2.80. The maximum absolute atomic E-state index is 10.7. The van der Waals surface area contributed by atoms with Gasteiger partial charge in [-0.3, -0.25) is 4.79 Å². The molecule has 0 aliphatic heterocycles. The number of aryl methyl sites for hydroxylation is 1. The van der Waals surface area contributed by atoms with Crippen molar-refractivity contribution in [2.45, 2.75) is 13.5 Å². The Bertz CT molecular complexity index is 568. The summed E-state index contributed by atoms with van der Waals surface area (Å²) < 4.78 is 0. The Kier molecular flexibility index (Phi) is 3.99. The van der Waals surface area contributed by atoms with Crippen LogP contribution in [0.5, 0.6) is 0 Å². The largest absolute Gasteiger partial charge is 0.347 e. The van der Waals surface area contributed by atoms with Gasteiger partial charge >= 0.3 is 0 Å². The zero-order valence-corrected chi connectivity index (χ0v) is 11.8. The summed E-state index contributed by atoms with van der Waals surface area (Å²) in [5, 5.41) is 1.03. The smallest absolute Gasteiger partial charge is 0.187 e. The quantitative estimate of drug-likeness (QED) is 0.803. The van der Waals surface area contributed by atoms with E-state index < -0.39 is 0 Å². The molecule has 0 saturated heterocycles. The maximum atomic E-state index is 10.7. The van der Waals surface area contributed by atoms with E-state index in [4.69, 9.17) is 11.6 Å². The molecule has 0 aliphatic rings. The van der Waals surface area contributed by atoms with Crippen LogP contribution in [-0.4, -0.2) is 18.3 Å². The SMILES string of the molecule is Cc1cccc(CN(C)c2nc(Cl)c(C=O)s2)c1. The van der Waals surface area contributed by atoms with Crippen molar-refractivity contribution < 1.29 is 4.79 Å². The zero-order chi connectivity index (χ0) is 13.1. The van der Waals surface area contributed by atoms with Crippen LogP contribution in [-0.2, 0) is 6.54 Å². The van der Waals surface area contributed by atoms with Crippen molar-refractivity contribution in [1.29, 1.82) is 0 Å². The third kappa shape index (κ3) is 2.89. The van der Waals surface area contributed by atoms with Crippen LogP contribution in [0.1, 0.15) is 20.8 Å². The second-order valence-corrected chi connectivity index (χ2v) is 5.48. The number of halogens is 1. The fourth-order valence-electron chi connectivity index (χ4n) is 1.69. The molecular weight excluding hydrogens is 268 g/mol. The first kappa shape index (κ1) is 13.1. The normalized spacial score (nSPS) is 10.4. The van der Waals surface area contributed by atoms with Gasteiger partial charge in [0, 0.05) is 13.6 Å². The van der Waals surface area contributed by atoms with Crippen molar-refractivity contribution in [1.82, 2.24) is 4.98 Å². The predicted octanol–water partition coefficient (Wildman–Crippen LogP) is 3.55. The van der Waals surface area contributed by atoms with E-state index in [-0.39, 0.29) is 5.15 Å². The Hall–Kier alpha value is -1.39. The fraction of sp³-hybridized carbons (Fsp3) is 0.231. The molecule has 0 unspecified atom stereocenters. The van der Waals surface area contributed by atoms with Gasteiger partial charge in [0.15, 0.2) is 16.6 Å². The van der Waals surface area contributed by atoms with Crippen molar-refractivity contribution >= 4 is 34.4 Å². The van der Waals surface area contributed by atoms with E-state index in [2.05, 4.69) is 30.1 Å². The molecule has 0 spiro atoms. The van der Waals surface area contributed by atoms with Crippen LogP contribution in [0.2, 0.25) is 5.15 Å². The average molecular weight is 281 g/mol. The Morgan fingerprint density at radius 3 is 2.89 bits per heavy atom. The van der Waals surface area contributed by atoms with E-state index in [9.17, 15) is 4.79 Å². The van der Waals surface area contributed by atoms with Crippen molar-refractivity contribution in [3.05, 3.63) is 45.4 Å². The highest BCUT2D eigenvalue weighted by atomic mass is 35.5. The summed E-state index contributed by atoms with van der Waals surface area (Å²) in [5.41, 5.74) is 2.43. The first-order valence-electron chi connectivity index (χ1n) is 5.48. The van der Waals surface area contributed by atoms with Crippen molar-refractivity contribution in [3.8, 4) is 0 Å². The second-order valence-electron chi connectivity index (χ2n) is 4.11. The van der Waals surface area contributed by atoms with Crippen LogP contribution in [0.4, 0.5) is 5.13 Å². The molecule has 0 radical (unpaired) electrons. The van der Waals surface area contributed by atoms with Crippen molar-refractivity contribution in [3.63, 3.8) is 0 Å². The van der Waals surface area contributed by atoms with Crippen molar-refractivity contribution in [2.75, 3.05) is 11.9 Å². The summed E-state index contributed by atoms with van der Waals surface area (Å²) in [6, 6.07) is 8.30. The molecule has 0 amide bonds. The molecule has 94 valence electrons. The van der Waals surface area contributed by atoms with Gasteiger partial charge < -0.3 is 4.90 Å². The van der Waals surface area contributed by atoms with E-state index in [1.165, 1.54) is 22.5 Å². The summed E-state index contributed by atoms with van der Waals surface area (Å²) in [7, 11) is 1.94. The number of nitrogens with zero attached hydrogens (tertiary/aromatic N) is 2. The molecule has 2 rings (SSSR count). The van der Waals surface area contributed by atoms with Gasteiger partial charge in [0.05, 0.1) is 0 Å². The van der Waals surface area contributed by atoms with Gasteiger partial charge in [-0.15, -0.1) is 0 Å². The van der Waals surface area contributed by atoms with E-state index in [1.54, 1.807) is 0 Å². The topological polar surface area (TPSA) is 33.2 Å². The molecule has 1 aromatic carbocycles. The first-order chi connectivity index (χ1) is 8.60. The Labute approximate surface area is 115 Å². The molecule has 1 aromatic heterocycles. The maximum Gasteiger partial charge on any atom is 0.187 e. The van der Waals surface area contributed by atoms with Gasteiger partial charge in [0.2, 0.25) is 0 Å². The number of carbonyl (C=O) groups excluding carboxylic acids is 1. The lowest BCUT2D eigenvalue weighted by Gasteiger charge is -2.15. The van der Waals surface area contributed by atoms with Crippen LogP contribution in [0.15, 0.2) is 24.3 Å². The summed E-state index contributed by atoms with van der Waals surface area (Å²) in [6.07, 6.45) is 0.740. The standard InChI is InChI=1S/C13H13ClN2OS/c1-9-4-3-5-10(6-9)7-16(2)13-15-12(14)11(8-17)18-13/h3-6,8H,7H2,1-2H3.